The van der Waals surface area contributed by atoms with E-state index in [2.05, 4.69) is 57.8 Å². The molecule has 34 heavy (non-hydrogen) atoms. The molecule has 2 fully saturated rings. The molecule has 3 aromatic rings. The van der Waals surface area contributed by atoms with E-state index in [1.165, 1.54) is 79.8 Å². The van der Waals surface area contributed by atoms with E-state index in [9.17, 15) is 4.39 Å². The molecule has 0 radical (unpaired) electrons. The number of piperidine rings is 1. The number of fused-ring (bicyclic) bond motifs is 1. The molecule has 2 aliphatic heterocycles. The zero-order valence-corrected chi connectivity index (χ0v) is 21.5. The van der Waals surface area contributed by atoms with Crippen LogP contribution in [-0.4, -0.2) is 45.8 Å². The molecule has 0 aliphatic carbocycles. The average molecular weight is 499 g/mol. The molecule has 0 spiro atoms. The highest BCUT2D eigenvalue weighted by molar-refractivity contribution is 8.17. The molecule has 2 aliphatic rings. The zero-order valence-electron chi connectivity index (χ0n) is 19.9. The molecule has 5 rings (SSSR count). The molecule has 0 unspecified atom stereocenters. The van der Waals surface area contributed by atoms with E-state index in [0.29, 0.717) is 11.4 Å². The molecular formula is C28H35FN2OS2. The fourth-order valence-electron chi connectivity index (χ4n) is 5.17. The maximum atomic E-state index is 13.4. The Morgan fingerprint density at radius 2 is 1.68 bits per heavy atom. The Labute approximate surface area is 211 Å². The van der Waals surface area contributed by atoms with Crippen molar-refractivity contribution in [2.24, 2.45) is 0 Å². The molecule has 1 aromatic heterocycles. The van der Waals surface area contributed by atoms with Crippen LogP contribution in [-0.2, 0) is 12.8 Å². The smallest absolute Gasteiger partial charge is 0.147 e. The second-order valence-corrected chi connectivity index (χ2v) is 12.6. The predicted octanol–water partition coefficient (Wildman–Crippen LogP) is 7.30. The van der Waals surface area contributed by atoms with Gasteiger partial charge in [0, 0.05) is 17.4 Å². The first-order chi connectivity index (χ1) is 16.7. The highest BCUT2D eigenvalue weighted by atomic mass is 32.2. The van der Waals surface area contributed by atoms with Gasteiger partial charge in [-0.15, -0.1) is 23.5 Å². The fraction of sp³-hybridized carbons (Fsp3) is 0.536. The van der Waals surface area contributed by atoms with E-state index >= 15 is 0 Å². The van der Waals surface area contributed by atoms with Gasteiger partial charge in [-0.25, -0.2) is 4.39 Å². The quantitative estimate of drug-likeness (QED) is 0.289. The first-order valence-corrected chi connectivity index (χ1v) is 14.9. The van der Waals surface area contributed by atoms with Crippen LogP contribution in [0.5, 0.6) is 0 Å². The van der Waals surface area contributed by atoms with Gasteiger partial charge >= 0.3 is 0 Å². The van der Waals surface area contributed by atoms with Gasteiger partial charge in [0.05, 0.1) is 4.58 Å². The second-order valence-electron chi connectivity index (χ2n) is 9.66. The summed E-state index contributed by atoms with van der Waals surface area (Å²) in [5.41, 5.74) is 3.59. The van der Waals surface area contributed by atoms with E-state index in [4.69, 9.17) is 4.52 Å². The molecule has 0 amide bonds. The number of halogens is 1. The van der Waals surface area contributed by atoms with Gasteiger partial charge in [0.15, 0.2) is 0 Å². The highest BCUT2D eigenvalue weighted by Crippen LogP contribution is 2.34. The van der Waals surface area contributed by atoms with Crippen LogP contribution in [0.3, 0.4) is 0 Å². The standard InChI is InChI=1S/C28H35FN2OS2/c29-24-10-11-25-26(20-24)30-32-28(25)23-13-16-31(17-14-23)15-2-1-4-21-5-7-22(8-6-21)9-12-27-33-18-3-19-34-27/h5-8,10-11,20,23,27H,1-4,9,12-19H2. The van der Waals surface area contributed by atoms with Gasteiger partial charge in [0.25, 0.3) is 0 Å². The lowest BCUT2D eigenvalue weighted by molar-refractivity contribution is 0.195. The number of thioether (sulfide) groups is 2. The van der Waals surface area contributed by atoms with Gasteiger partial charge in [-0.1, -0.05) is 29.4 Å². The summed E-state index contributed by atoms with van der Waals surface area (Å²) in [6, 6.07) is 14.2. The lowest BCUT2D eigenvalue weighted by Gasteiger charge is -2.30. The number of hydrogen-bond donors (Lipinski definition) is 0. The average Bonchev–Trinajstić information content (AvgIpc) is 3.30. The van der Waals surface area contributed by atoms with E-state index in [1.807, 2.05) is 6.07 Å². The lowest BCUT2D eigenvalue weighted by Crippen LogP contribution is -2.33. The lowest BCUT2D eigenvalue weighted by atomic mass is 9.92. The van der Waals surface area contributed by atoms with Gasteiger partial charge in [0.2, 0.25) is 0 Å². The van der Waals surface area contributed by atoms with Crippen LogP contribution in [0.25, 0.3) is 10.9 Å². The third-order valence-corrected chi connectivity index (χ3v) is 10.3. The van der Waals surface area contributed by atoms with Crippen LogP contribution in [0, 0.1) is 5.82 Å². The van der Waals surface area contributed by atoms with Crippen molar-refractivity contribution in [1.29, 1.82) is 0 Å². The molecule has 6 heteroatoms. The molecular weight excluding hydrogens is 463 g/mol. The Hall–Kier alpha value is -1.50. The van der Waals surface area contributed by atoms with Gasteiger partial charge in [0.1, 0.15) is 17.1 Å². The van der Waals surface area contributed by atoms with Crippen LogP contribution in [0.1, 0.15) is 61.3 Å². The van der Waals surface area contributed by atoms with Gasteiger partial charge in [-0.2, -0.15) is 0 Å². The summed E-state index contributed by atoms with van der Waals surface area (Å²) in [5, 5.41) is 5.04. The highest BCUT2D eigenvalue weighted by Gasteiger charge is 2.25. The number of unbranched alkanes of at least 4 members (excludes halogenated alkanes) is 1. The molecule has 0 atom stereocenters. The number of nitrogens with zero attached hydrogens (tertiary/aromatic N) is 2. The van der Waals surface area contributed by atoms with E-state index in [-0.39, 0.29) is 5.82 Å². The molecule has 3 nitrogen and oxygen atoms in total. The molecule has 182 valence electrons. The number of hydrogen-bond acceptors (Lipinski definition) is 5. The summed E-state index contributed by atoms with van der Waals surface area (Å²) < 4.78 is 19.8. The molecule has 3 heterocycles. The predicted molar refractivity (Wildman–Crippen MR) is 143 cm³/mol. The number of aromatic nitrogens is 1. The van der Waals surface area contributed by atoms with Crippen molar-refractivity contribution in [3.8, 4) is 0 Å². The summed E-state index contributed by atoms with van der Waals surface area (Å²) in [5.74, 6) is 3.76. The van der Waals surface area contributed by atoms with Crippen molar-refractivity contribution in [3.05, 3.63) is 65.2 Å². The van der Waals surface area contributed by atoms with E-state index < -0.39 is 0 Å². The first-order valence-electron chi connectivity index (χ1n) is 12.8. The number of benzene rings is 2. The van der Waals surface area contributed by atoms with E-state index in [1.54, 1.807) is 0 Å². The minimum atomic E-state index is -0.258. The summed E-state index contributed by atoms with van der Waals surface area (Å²) in [7, 11) is 0. The minimum Gasteiger partial charge on any atom is -0.360 e. The summed E-state index contributed by atoms with van der Waals surface area (Å²) in [4.78, 5) is 2.58. The first kappa shape index (κ1) is 24.2. The van der Waals surface area contributed by atoms with Crippen LogP contribution < -0.4 is 0 Å². The van der Waals surface area contributed by atoms with Crippen LogP contribution in [0.4, 0.5) is 4.39 Å². The second kappa shape index (κ2) is 12.0. The molecule has 2 aromatic carbocycles. The van der Waals surface area contributed by atoms with Crippen molar-refractivity contribution in [2.45, 2.75) is 61.9 Å². The summed E-state index contributed by atoms with van der Waals surface area (Å²) >= 11 is 4.30. The Bertz CT molecular complexity index is 1040. The van der Waals surface area contributed by atoms with Crippen molar-refractivity contribution in [3.63, 3.8) is 0 Å². The maximum Gasteiger partial charge on any atom is 0.147 e. The molecule has 0 saturated carbocycles. The van der Waals surface area contributed by atoms with Gasteiger partial charge in [-0.05, 0) is 106 Å². The monoisotopic (exact) mass is 498 g/mol. The largest absolute Gasteiger partial charge is 0.360 e. The Kier molecular flexibility index (Phi) is 8.51. The Morgan fingerprint density at radius 3 is 2.44 bits per heavy atom. The third kappa shape index (κ3) is 6.38. The summed E-state index contributed by atoms with van der Waals surface area (Å²) in [6.45, 7) is 3.37. The van der Waals surface area contributed by atoms with E-state index in [0.717, 1.165) is 41.7 Å². The number of likely N-dealkylation sites (tertiary alicyclic amines) is 1. The van der Waals surface area contributed by atoms with Crippen LogP contribution >= 0.6 is 23.5 Å². The molecule has 0 N–H and O–H groups in total. The van der Waals surface area contributed by atoms with Crippen molar-refractivity contribution >= 4 is 34.4 Å². The Morgan fingerprint density at radius 1 is 0.941 bits per heavy atom. The minimum absolute atomic E-state index is 0.258. The summed E-state index contributed by atoms with van der Waals surface area (Å²) in [6.07, 6.45) is 9.72. The fourth-order valence-corrected chi connectivity index (χ4v) is 8.04. The molecule has 0 bridgehead atoms. The molecule has 2 saturated heterocycles. The Balaban J connectivity index is 0.994. The maximum absolute atomic E-state index is 13.4. The van der Waals surface area contributed by atoms with Crippen LogP contribution in [0.15, 0.2) is 47.0 Å². The van der Waals surface area contributed by atoms with Crippen molar-refractivity contribution in [2.75, 3.05) is 31.1 Å². The number of aryl methyl sites for hydroxylation is 2. The van der Waals surface area contributed by atoms with Crippen molar-refractivity contribution < 1.29 is 8.91 Å². The van der Waals surface area contributed by atoms with Crippen molar-refractivity contribution in [1.82, 2.24) is 10.1 Å². The topological polar surface area (TPSA) is 29.3 Å². The van der Waals surface area contributed by atoms with Gasteiger partial charge in [-0.3, -0.25) is 0 Å². The SMILES string of the molecule is Fc1ccc2c(C3CCN(CCCCc4ccc(CCC5SCCCS5)cc4)CC3)onc2c1. The van der Waals surface area contributed by atoms with Crippen LogP contribution in [0.2, 0.25) is 0 Å². The van der Waals surface area contributed by atoms with Gasteiger partial charge < -0.3 is 9.42 Å². The zero-order chi connectivity index (χ0) is 23.2. The number of rotatable bonds is 9. The normalized spacial score (nSPS) is 18.6. The third-order valence-electron chi connectivity index (χ3n) is 7.20.